The van der Waals surface area contributed by atoms with Gasteiger partial charge in [-0.15, -0.1) is 0 Å². The van der Waals surface area contributed by atoms with Crippen molar-refractivity contribution in [2.24, 2.45) is 17.3 Å². The Morgan fingerprint density at radius 1 is 1.15 bits per heavy atom. The number of carbonyl (C=O) groups excluding carboxylic acids is 1. The lowest BCUT2D eigenvalue weighted by molar-refractivity contribution is -0.124. The van der Waals surface area contributed by atoms with E-state index in [0.717, 1.165) is 11.8 Å². The van der Waals surface area contributed by atoms with Crippen LogP contribution in [0.5, 0.6) is 0 Å². The number of ketones is 1. The number of carbonyl (C=O) groups is 1. The quantitative estimate of drug-likeness (QED) is 0.638. The lowest BCUT2D eigenvalue weighted by Crippen LogP contribution is -2.27. The van der Waals surface area contributed by atoms with E-state index in [1.165, 1.54) is 38.5 Å². The molecule has 13 heavy (non-hydrogen) atoms. The van der Waals surface area contributed by atoms with Crippen LogP contribution in [0, 0.1) is 17.3 Å². The summed E-state index contributed by atoms with van der Waals surface area (Å²) < 4.78 is 0. The lowest BCUT2D eigenvalue weighted by Gasteiger charge is -2.31. The van der Waals surface area contributed by atoms with Gasteiger partial charge in [0.15, 0.2) is 0 Å². The predicted molar refractivity (Wildman–Crippen MR) is 53.5 cm³/mol. The Hall–Kier alpha value is -0.330. The first-order chi connectivity index (χ1) is 6.15. The number of rotatable bonds is 2. The summed E-state index contributed by atoms with van der Waals surface area (Å²) in [5, 5.41) is 0. The number of hydrogen-bond acceptors (Lipinski definition) is 1. The molecule has 2 fully saturated rings. The molecule has 0 N–H and O–H groups in total. The summed E-state index contributed by atoms with van der Waals surface area (Å²) in [4.78, 5) is 11.5. The summed E-state index contributed by atoms with van der Waals surface area (Å²) in [6, 6.07) is 0. The Kier molecular flexibility index (Phi) is 2.21. The van der Waals surface area contributed by atoms with Crippen molar-refractivity contribution in [2.75, 3.05) is 0 Å². The molecule has 0 aliphatic heterocycles. The SMILES string of the molecule is CC(=O)C1(C2CCC(C)CC2)CC1. The van der Waals surface area contributed by atoms with Gasteiger partial charge in [0.25, 0.3) is 0 Å². The van der Waals surface area contributed by atoms with Crippen LogP contribution in [0.2, 0.25) is 0 Å². The molecule has 0 spiro atoms. The fraction of sp³-hybridized carbons (Fsp3) is 0.917. The average Bonchev–Trinajstić information content (AvgIpc) is 2.86. The van der Waals surface area contributed by atoms with Gasteiger partial charge in [-0.3, -0.25) is 4.79 Å². The molecule has 2 aliphatic rings. The Morgan fingerprint density at radius 3 is 2.08 bits per heavy atom. The van der Waals surface area contributed by atoms with E-state index in [1.54, 1.807) is 6.92 Å². The van der Waals surface area contributed by atoms with Gasteiger partial charge in [-0.05, 0) is 44.4 Å². The number of hydrogen-bond donors (Lipinski definition) is 0. The molecular weight excluding hydrogens is 160 g/mol. The highest BCUT2D eigenvalue weighted by Crippen LogP contribution is 2.57. The Labute approximate surface area is 80.9 Å². The lowest BCUT2D eigenvalue weighted by atomic mass is 9.73. The second kappa shape index (κ2) is 3.11. The maximum Gasteiger partial charge on any atom is 0.136 e. The summed E-state index contributed by atoms with van der Waals surface area (Å²) in [5.41, 5.74) is 0.167. The van der Waals surface area contributed by atoms with Crippen LogP contribution in [-0.2, 0) is 4.79 Å². The normalized spacial score (nSPS) is 37.1. The highest BCUT2D eigenvalue weighted by atomic mass is 16.1. The van der Waals surface area contributed by atoms with E-state index in [-0.39, 0.29) is 5.41 Å². The molecule has 2 saturated carbocycles. The molecule has 2 rings (SSSR count). The molecular formula is C12H20O. The van der Waals surface area contributed by atoms with E-state index < -0.39 is 0 Å². The molecule has 0 aromatic heterocycles. The van der Waals surface area contributed by atoms with E-state index >= 15 is 0 Å². The zero-order chi connectivity index (χ0) is 9.47. The van der Waals surface area contributed by atoms with Crippen molar-refractivity contribution in [3.05, 3.63) is 0 Å². The summed E-state index contributed by atoms with van der Waals surface area (Å²) in [6.07, 6.45) is 7.67. The molecule has 0 aromatic rings. The van der Waals surface area contributed by atoms with Crippen LogP contribution < -0.4 is 0 Å². The van der Waals surface area contributed by atoms with Crippen molar-refractivity contribution in [3.8, 4) is 0 Å². The molecule has 0 aromatic carbocycles. The van der Waals surface area contributed by atoms with Gasteiger partial charge in [-0.25, -0.2) is 0 Å². The molecule has 2 aliphatic carbocycles. The third kappa shape index (κ3) is 1.53. The molecule has 0 radical (unpaired) electrons. The maximum absolute atomic E-state index is 11.5. The van der Waals surface area contributed by atoms with E-state index in [0.29, 0.717) is 5.78 Å². The van der Waals surface area contributed by atoms with E-state index in [2.05, 4.69) is 6.92 Å². The summed E-state index contributed by atoms with van der Waals surface area (Å²) in [6.45, 7) is 4.13. The monoisotopic (exact) mass is 180 g/mol. The minimum Gasteiger partial charge on any atom is -0.299 e. The minimum atomic E-state index is 0.167. The van der Waals surface area contributed by atoms with Crippen LogP contribution in [-0.4, -0.2) is 5.78 Å². The minimum absolute atomic E-state index is 0.167. The van der Waals surface area contributed by atoms with E-state index in [9.17, 15) is 4.79 Å². The third-order valence-corrected chi connectivity index (χ3v) is 4.29. The summed E-state index contributed by atoms with van der Waals surface area (Å²) >= 11 is 0. The highest BCUT2D eigenvalue weighted by molar-refractivity contribution is 5.85. The summed E-state index contributed by atoms with van der Waals surface area (Å²) in [7, 11) is 0. The van der Waals surface area contributed by atoms with Crippen LogP contribution >= 0.6 is 0 Å². The van der Waals surface area contributed by atoms with Crippen molar-refractivity contribution < 1.29 is 4.79 Å². The standard InChI is InChI=1S/C12H20O/c1-9-3-5-11(6-4-9)12(7-8-12)10(2)13/h9,11H,3-8H2,1-2H3. The molecule has 0 atom stereocenters. The fourth-order valence-electron chi connectivity index (χ4n) is 3.00. The van der Waals surface area contributed by atoms with Crippen LogP contribution in [0.25, 0.3) is 0 Å². The van der Waals surface area contributed by atoms with Crippen LogP contribution in [0.4, 0.5) is 0 Å². The van der Waals surface area contributed by atoms with Crippen LogP contribution in [0.1, 0.15) is 52.4 Å². The van der Waals surface area contributed by atoms with Crippen LogP contribution in [0.3, 0.4) is 0 Å². The molecule has 74 valence electrons. The predicted octanol–water partition coefficient (Wildman–Crippen LogP) is 3.18. The van der Waals surface area contributed by atoms with Crippen LogP contribution in [0.15, 0.2) is 0 Å². The van der Waals surface area contributed by atoms with Crippen molar-refractivity contribution >= 4 is 5.78 Å². The van der Waals surface area contributed by atoms with E-state index in [4.69, 9.17) is 0 Å². The first-order valence-electron chi connectivity index (χ1n) is 5.66. The molecule has 1 heteroatoms. The van der Waals surface area contributed by atoms with Crippen molar-refractivity contribution in [1.29, 1.82) is 0 Å². The number of Topliss-reactive ketones (excluding diaryl/α,β-unsaturated/α-hetero) is 1. The van der Waals surface area contributed by atoms with Gasteiger partial charge < -0.3 is 0 Å². The van der Waals surface area contributed by atoms with Gasteiger partial charge >= 0.3 is 0 Å². The Morgan fingerprint density at radius 2 is 1.69 bits per heavy atom. The maximum atomic E-state index is 11.5. The van der Waals surface area contributed by atoms with Gasteiger partial charge in [0.2, 0.25) is 0 Å². The average molecular weight is 180 g/mol. The van der Waals surface area contributed by atoms with Gasteiger partial charge in [0.05, 0.1) is 0 Å². The highest BCUT2D eigenvalue weighted by Gasteiger charge is 2.53. The first kappa shape index (κ1) is 9.23. The molecule has 0 saturated heterocycles. The Bertz CT molecular complexity index is 207. The zero-order valence-corrected chi connectivity index (χ0v) is 8.81. The van der Waals surface area contributed by atoms with E-state index in [1.807, 2.05) is 0 Å². The van der Waals surface area contributed by atoms with Gasteiger partial charge in [0, 0.05) is 5.41 Å². The van der Waals surface area contributed by atoms with Gasteiger partial charge in [0.1, 0.15) is 5.78 Å². The zero-order valence-electron chi connectivity index (χ0n) is 8.81. The first-order valence-corrected chi connectivity index (χ1v) is 5.66. The fourth-order valence-corrected chi connectivity index (χ4v) is 3.00. The molecule has 0 amide bonds. The molecule has 0 unspecified atom stereocenters. The van der Waals surface area contributed by atoms with Gasteiger partial charge in [-0.2, -0.15) is 0 Å². The molecule has 0 bridgehead atoms. The largest absolute Gasteiger partial charge is 0.299 e. The smallest absolute Gasteiger partial charge is 0.136 e. The van der Waals surface area contributed by atoms with Crippen molar-refractivity contribution in [3.63, 3.8) is 0 Å². The van der Waals surface area contributed by atoms with Crippen molar-refractivity contribution in [2.45, 2.75) is 52.4 Å². The summed E-state index contributed by atoms with van der Waals surface area (Å²) in [5.74, 6) is 2.10. The second-order valence-electron chi connectivity index (χ2n) is 5.17. The third-order valence-electron chi connectivity index (χ3n) is 4.29. The molecule has 0 heterocycles. The van der Waals surface area contributed by atoms with Crippen molar-refractivity contribution in [1.82, 2.24) is 0 Å². The molecule has 1 nitrogen and oxygen atoms in total. The van der Waals surface area contributed by atoms with Gasteiger partial charge in [-0.1, -0.05) is 19.8 Å². The topological polar surface area (TPSA) is 17.1 Å². The second-order valence-corrected chi connectivity index (χ2v) is 5.17. The Balaban J connectivity index is 1.98.